The Bertz CT molecular complexity index is 998. The third-order valence-electron chi connectivity index (χ3n) is 5.97. The van der Waals surface area contributed by atoms with Gasteiger partial charge in [-0.15, -0.1) is 0 Å². The van der Waals surface area contributed by atoms with E-state index in [0.29, 0.717) is 0 Å². The molecule has 0 saturated carbocycles. The molecule has 3 aromatic rings. The van der Waals surface area contributed by atoms with Crippen molar-refractivity contribution in [2.45, 2.75) is 45.7 Å². The number of hydrogen-bond donors (Lipinski definition) is 0. The van der Waals surface area contributed by atoms with Gasteiger partial charge >= 0.3 is 0 Å². The topological polar surface area (TPSA) is 21.7 Å². The van der Waals surface area contributed by atoms with Gasteiger partial charge in [0.25, 0.3) is 0 Å². The summed E-state index contributed by atoms with van der Waals surface area (Å²) in [6, 6.07) is 23.9. The van der Waals surface area contributed by atoms with E-state index in [2.05, 4.69) is 72.5 Å². The smallest absolute Gasteiger partial charge is 0.123 e. The summed E-state index contributed by atoms with van der Waals surface area (Å²) in [5, 5.41) is 0. The first-order chi connectivity index (χ1) is 15.2. The second-order valence-electron chi connectivity index (χ2n) is 8.54. The Labute approximate surface area is 186 Å². The van der Waals surface area contributed by atoms with Gasteiger partial charge in [0.2, 0.25) is 0 Å². The molecule has 0 aromatic heterocycles. The fourth-order valence-corrected chi connectivity index (χ4v) is 4.39. The molecule has 0 N–H and O–H groups in total. The number of fused-ring (bicyclic) bond motifs is 3. The van der Waals surface area contributed by atoms with E-state index in [1.807, 2.05) is 6.07 Å². The zero-order chi connectivity index (χ0) is 21.5. The first-order valence-electron chi connectivity index (χ1n) is 11.4. The molecule has 0 atom stereocenters. The zero-order valence-corrected chi connectivity index (χ0v) is 18.8. The van der Waals surface area contributed by atoms with Crippen LogP contribution in [-0.4, -0.2) is 25.2 Å². The van der Waals surface area contributed by atoms with Crippen LogP contribution in [0, 0.1) is 6.92 Å². The summed E-state index contributed by atoms with van der Waals surface area (Å²) >= 11 is 0. The largest absolute Gasteiger partial charge is 0.496 e. The van der Waals surface area contributed by atoms with Crippen molar-refractivity contribution in [1.29, 1.82) is 0 Å². The van der Waals surface area contributed by atoms with Gasteiger partial charge in [0.05, 0.1) is 13.7 Å². The van der Waals surface area contributed by atoms with Gasteiger partial charge in [0, 0.05) is 25.1 Å². The molecular weight excluding hydrogens is 382 g/mol. The van der Waals surface area contributed by atoms with Crippen molar-refractivity contribution in [3.8, 4) is 11.5 Å². The van der Waals surface area contributed by atoms with Crippen LogP contribution < -0.4 is 9.47 Å². The standard InChI is InChI=1S/C28H33NO2/c1-22-13-14-28-26(17-22)19-23-9-8-10-24(18-23)20-29(15-6-3-7-16-31-28)21-25-11-4-5-12-27(25)30-2/h4-5,8-14,17-18H,3,6-7,15-16,19-21H2,1-2H3. The molecule has 0 radical (unpaired) electrons. The van der Waals surface area contributed by atoms with Crippen molar-refractivity contribution >= 4 is 0 Å². The fraction of sp³-hybridized carbons (Fsp3) is 0.357. The average molecular weight is 416 g/mol. The van der Waals surface area contributed by atoms with E-state index in [9.17, 15) is 0 Å². The quantitative estimate of drug-likeness (QED) is 0.511. The van der Waals surface area contributed by atoms with Gasteiger partial charge in [0.1, 0.15) is 11.5 Å². The molecule has 162 valence electrons. The SMILES string of the molecule is COc1ccccc1CN1CCCCCOc2ccc(C)cc2Cc2cccc(c2)C1. The Morgan fingerprint density at radius 1 is 0.903 bits per heavy atom. The summed E-state index contributed by atoms with van der Waals surface area (Å²) in [7, 11) is 1.75. The van der Waals surface area contributed by atoms with Gasteiger partial charge in [0.15, 0.2) is 0 Å². The highest BCUT2D eigenvalue weighted by Crippen LogP contribution is 2.25. The molecule has 4 rings (SSSR count). The van der Waals surface area contributed by atoms with E-state index in [1.165, 1.54) is 40.7 Å². The van der Waals surface area contributed by atoms with Gasteiger partial charge < -0.3 is 9.47 Å². The lowest BCUT2D eigenvalue weighted by molar-refractivity contribution is 0.240. The van der Waals surface area contributed by atoms with Crippen molar-refractivity contribution in [2.75, 3.05) is 20.3 Å². The third kappa shape index (κ3) is 5.89. The molecule has 31 heavy (non-hydrogen) atoms. The van der Waals surface area contributed by atoms with Crippen LogP contribution in [0.15, 0.2) is 66.7 Å². The number of aryl methyl sites for hydroxylation is 1. The average Bonchev–Trinajstić information content (AvgIpc) is 2.77. The summed E-state index contributed by atoms with van der Waals surface area (Å²) < 4.78 is 11.8. The Hall–Kier alpha value is -2.78. The second kappa shape index (κ2) is 10.5. The highest BCUT2D eigenvalue weighted by atomic mass is 16.5. The first kappa shape index (κ1) is 21.5. The molecular formula is C28H33NO2. The highest BCUT2D eigenvalue weighted by Gasteiger charge is 2.13. The highest BCUT2D eigenvalue weighted by molar-refractivity contribution is 5.41. The summed E-state index contributed by atoms with van der Waals surface area (Å²) in [6.07, 6.45) is 4.32. The molecule has 1 aliphatic heterocycles. The Morgan fingerprint density at radius 3 is 2.68 bits per heavy atom. The lowest BCUT2D eigenvalue weighted by Gasteiger charge is -2.24. The molecule has 3 nitrogen and oxygen atoms in total. The molecule has 3 heteroatoms. The summed E-state index contributed by atoms with van der Waals surface area (Å²) in [6.45, 7) is 5.84. The number of benzene rings is 3. The number of hydrogen-bond acceptors (Lipinski definition) is 3. The van der Waals surface area contributed by atoms with E-state index >= 15 is 0 Å². The molecule has 0 spiro atoms. The van der Waals surface area contributed by atoms with E-state index in [1.54, 1.807) is 7.11 Å². The van der Waals surface area contributed by atoms with Crippen molar-refractivity contribution < 1.29 is 9.47 Å². The maximum atomic E-state index is 6.18. The van der Waals surface area contributed by atoms with Crippen molar-refractivity contribution in [3.63, 3.8) is 0 Å². The van der Waals surface area contributed by atoms with Crippen LogP contribution in [0.5, 0.6) is 11.5 Å². The molecule has 0 aliphatic carbocycles. The molecule has 1 aliphatic rings. The van der Waals surface area contributed by atoms with Crippen LogP contribution in [0.25, 0.3) is 0 Å². The molecule has 3 aromatic carbocycles. The summed E-state index contributed by atoms with van der Waals surface area (Å²) in [5.41, 5.74) is 6.50. The normalized spacial score (nSPS) is 15.4. The van der Waals surface area contributed by atoms with Gasteiger partial charge in [-0.2, -0.15) is 0 Å². The Balaban J connectivity index is 1.59. The third-order valence-corrected chi connectivity index (χ3v) is 5.97. The molecule has 0 amide bonds. The molecule has 0 unspecified atom stereocenters. The number of methoxy groups -OCH3 is 1. The fourth-order valence-electron chi connectivity index (χ4n) is 4.39. The number of rotatable bonds is 3. The molecule has 0 saturated heterocycles. The Kier molecular flexibility index (Phi) is 7.26. The van der Waals surface area contributed by atoms with Crippen molar-refractivity contribution in [3.05, 3.63) is 94.5 Å². The zero-order valence-electron chi connectivity index (χ0n) is 18.8. The van der Waals surface area contributed by atoms with Crippen molar-refractivity contribution in [1.82, 2.24) is 4.90 Å². The van der Waals surface area contributed by atoms with Gasteiger partial charge in [-0.25, -0.2) is 0 Å². The van der Waals surface area contributed by atoms with Crippen LogP contribution >= 0.6 is 0 Å². The van der Waals surface area contributed by atoms with E-state index in [0.717, 1.165) is 50.6 Å². The lowest BCUT2D eigenvalue weighted by atomic mass is 10.00. The molecule has 1 heterocycles. The maximum Gasteiger partial charge on any atom is 0.123 e. The number of ether oxygens (including phenoxy) is 2. The van der Waals surface area contributed by atoms with E-state index in [4.69, 9.17) is 9.47 Å². The van der Waals surface area contributed by atoms with E-state index in [-0.39, 0.29) is 0 Å². The van der Waals surface area contributed by atoms with Crippen molar-refractivity contribution in [2.24, 2.45) is 0 Å². The summed E-state index contributed by atoms with van der Waals surface area (Å²) in [5.74, 6) is 2.00. The minimum atomic E-state index is 0.780. The minimum absolute atomic E-state index is 0.780. The van der Waals surface area contributed by atoms with Crippen LogP contribution in [0.2, 0.25) is 0 Å². The molecule has 0 fully saturated rings. The van der Waals surface area contributed by atoms with Crippen LogP contribution in [0.4, 0.5) is 0 Å². The number of para-hydroxylation sites is 1. The summed E-state index contributed by atoms with van der Waals surface area (Å²) in [4.78, 5) is 2.54. The van der Waals surface area contributed by atoms with Gasteiger partial charge in [-0.05, 0) is 61.6 Å². The van der Waals surface area contributed by atoms with Gasteiger partial charge in [-0.1, -0.05) is 60.2 Å². The van der Waals surface area contributed by atoms with Crippen LogP contribution in [0.3, 0.4) is 0 Å². The second-order valence-corrected chi connectivity index (χ2v) is 8.54. The maximum absolute atomic E-state index is 6.18. The Morgan fingerprint density at radius 2 is 1.77 bits per heavy atom. The van der Waals surface area contributed by atoms with Crippen LogP contribution in [0.1, 0.15) is 47.1 Å². The van der Waals surface area contributed by atoms with E-state index < -0.39 is 0 Å². The first-order valence-corrected chi connectivity index (χ1v) is 11.4. The lowest BCUT2D eigenvalue weighted by Crippen LogP contribution is -2.24. The minimum Gasteiger partial charge on any atom is -0.496 e. The predicted octanol–water partition coefficient (Wildman–Crippen LogP) is 6.16. The predicted molar refractivity (Wildman–Crippen MR) is 127 cm³/mol. The monoisotopic (exact) mass is 415 g/mol. The van der Waals surface area contributed by atoms with Gasteiger partial charge in [-0.3, -0.25) is 4.90 Å². The van der Waals surface area contributed by atoms with Crippen LogP contribution in [-0.2, 0) is 19.5 Å². The number of nitrogens with zero attached hydrogens (tertiary/aromatic N) is 1. The molecule has 2 bridgehead atoms.